The Hall–Kier alpha value is -2.60. The number of nitrogens with zero attached hydrogens (tertiary/aromatic N) is 3. The molecular formula is C19H19ClN4O2. The van der Waals surface area contributed by atoms with E-state index in [1.54, 1.807) is 0 Å². The number of likely N-dealkylation sites (tertiary alicyclic amines) is 1. The Labute approximate surface area is 155 Å². The van der Waals surface area contributed by atoms with Crippen molar-refractivity contribution in [2.75, 3.05) is 13.1 Å². The number of piperidine rings is 1. The molecule has 3 heterocycles. The quantitative estimate of drug-likeness (QED) is 0.754. The van der Waals surface area contributed by atoms with Gasteiger partial charge in [-0.3, -0.25) is 9.59 Å². The molecule has 1 saturated heterocycles. The molecule has 0 radical (unpaired) electrons. The third-order valence-electron chi connectivity index (χ3n) is 5.08. The van der Waals surface area contributed by atoms with Crippen molar-refractivity contribution in [3.63, 3.8) is 0 Å². The number of aromatic amines is 1. The highest BCUT2D eigenvalue weighted by Crippen LogP contribution is 2.29. The summed E-state index contributed by atoms with van der Waals surface area (Å²) >= 11 is 6.27. The zero-order valence-electron chi connectivity index (χ0n) is 14.4. The maximum Gasteiger partial charge on any atom is 0.270 e. The average Bonchev–Trinajstić information content (AvgIpc) is 2.99. The molecule has 1 aromatic carbocycles. The minimum atomic E-state index is -0.165. The Kier molecular flexibility index (Phi) is 4.28. The van der Waals surface area contributed by atoms with Gasteiger partial charge in [-0.05, 0) is 31.0 Å². The number of hydrogen-bond acceptors (Lipinski definition) is 3. The highest BCUT2D eigenvalue weighted by molar-refractivity contribution is 6.35. The van der Waals surface area contributed by atoms with E-state index in [1.807, 2.05) is 40.8 Å². The molecule has 6 nitrogen and oxygen atoms in total. The summed E-state index contributed by atoms with van der Waals surface area (Å²) in [4.78, 5) is 33.3. The van der Waals surface area contributed by atoms with Gasteiger partial charge in [0.25, 0.3) is 11.5 Å². The van der Waals surface area contributed by atoms with Gasteiger partial charge < -0.3 is 14.5 Å². The summed E-state index contributed by atoms with van der Waals surface area (Å²) in [6.45, 7) is 1.26. The first-order chi connectivity index (χ1) is 12.5. The first-order valence-corrected chi connectivity index (χ1v) is 9.00. The number of fused-ring (bicyclic) bond motifs is 1. The fourth-order valence-electron chi connectivity index (χ4n) is 3.70. The van der Waals surface area contributed by atoms with E-state index >= 15 is 0 Å². The smallest absolute Gasteiger partial charge is 0.270 e. The fourth-order valence-corrected chi connectivity index (χ4v) is 3.93. The van der Waals surface area contributed by atoms with Gasteiger partial charge in [-0.15, -0.1) is 0 Å². The summed E-state index contributed by atoms with van der Waals surface area (Å²) in [7, 11) is 1.88. The highest BCUT2D eigenvalue weighted by atomic mass is 35.5. The number of H-pyrrole nitrogens is 1. The fraction of sp³-hybridized carbons (Fsp3) is 0.316. The van der Waals surface area contributed by atoms with Crippen molar-refractivity contribution < 1.29 is 4.79 Å². The summed E-state index contributed by atoms with van der Waals surface area (Å²) in [5, 5.41) is 1.52. The molecule has 1 amide bonds. The van der Waals surface area contributed by atoms with E-state index in [1.165, 1.54) is 12.4 Å². The minimum Gasteiger partial charge on any atom is -0.340 e. The summed E-state index contributed by atoms with van der Waals surface area (Å²) in [6.07, 6.45) is 3.22. The van der Waals surface area contributed by atoms with Crippen molar-refractivity contribution in [2.24, 2.45) is 7.05 Å². The maximum absolute atomic E-state index is 13.1. The molecule has 1 aliphatic heterocycles. The van der Waals surface area contributed by atoms with Crippen molar-refractivity contribution in [2.45, 2.75) is 18.8 Å². The van der Waals surface area contributed by atoms with Gasteiger partial charge >= 0.3 is 0 Å². The predicted molar refractivity (Wildman–Crippen MR) is 101 cm³/mol. The number of benzene rings is 1. The first-order valence-electron chi connectivity index (χ1n) is 8.62. The van der Waals surface area contributed by atoms with Gasteiger partial charge in [-0.25, -0.2) is 4.98 Å². The highest BCUT2D eigenvalue weighted by Gasteiger charge is 2.28. The number of halogens is 1. The van der Waals surface area contributed by atoms with Crippen LogP contribution >= 0.6 is 11.6 Å². The number of carbonyl (C=O) groups excluding carboxylic acids is 1. The van der Waals surface area contributed by atoms with Crippen LogP contribution in [0.2, 0.25) is 5.02 Å². The monoisotopic (exact) mass is 370 g/mol. The van der Waals surface area contributed by atoms with Crippen LogP contribution in [-0.4, -0.2) is 38.4 Å². The minimum absolute atomic E-state index is 0.0192. The number of amides is 1. The molecule has 1 aliphatic rings. The van der Waals surface area contributed by atoms with Gasteiger partial charge in [0.05, 0.1) is 12.0 Å². The second-order valence-corrected chi connectivity index (χ2v) is 7.09. The van der Waals surface area contributed by atoms with E-state index in [4.69, 9.17) is 11.6 Å². The summed E-state index contributed by atoms with van der Waals surface area (Å²) in [5.74, 6) is 0.0579. The number of rotatable bonds is 2. The zero-order valence-corrected chi connectivity index (χ0v) is 15.2. The second-order valence-electron chi connectivity index (χ2n) is 6.69. The standard InChI is InChI=1S/C19H19ClN4O2/c1-23-16-6-2-5-14(20)13(16)8-17(23)19(26)24-7-3-4-12(10-24)15-9-18(25)22-11-21-15/h2,5-6,8-9,11-12H,3-4,7,10H2,1H3,(H,21,22,25)/t12-/m1/s1. The Morgan fingerprint density at radius 3 is 2.96 bits per heavy atom. The van der Waals surface area contributed by atoms with Crippen molar-refractivity contribution in [3.8, 4) is 0 Å². The van der Waals surface area contributed by atoms with E-state index in [0.29, 0.717) is 23.8 Å². The van der Waals surface area contributed by atoms with Crippen LogP contribution in [0.5, 0.6) is 0 Å². The molecule has 0 unspecified atom stereocenters. The molecule has 0 saturated carbocycles. The number of hydrogen-bond donors (Lipinski definition) is 1. The van der Waals surface area contributed by atoms with Crippen LogP contribution in [0.1, 0.15) is 34.9 Å². The lowest BCUT2D eigenvalue weighted by molar-refractivity contribution is 0.0696. The molecule has 2 aromatic heterocycles. The largest absolute Gasteiger partial charge is 0.340 e. The molecule has 1 N–H and O–H groups in total. The van der Waals surface area contributed by atoms with Crippen LogP contribution in [0, 0.1) is 0 Å². The molecule has 3 aromatic rings. The molecule has 1 atom stereocenters. The van der Waals surface area contributed by atoms with E-state index < -0.39 is 0 Å². The summed E-state index contributed by atoms with van der Waals surface area (Å²) in [6, 6.07) is 9.05. The van der Waals surface area contributed by atoms with Gasteiger partial charge in [0.1, 0.15) is 5.69 Å². The van der Waals surface area contributed by atoms with E-state index in [0.717, 1.165) is 29.4 Å². The van der Waals surface area contributed by atoms with Gasteiger partial charge in [-0.1, -0.05) is 17.7 Å². The first kappa shape index (κ1) is 16.8. The number of carbonyl (C=O) groups is 1. The van der Waals surface area contributed by atoms with Crippen LogP contribution in [0.3, 0.4) is 0 Å². The predicted octanol–water partition coefficient (Wildman–Crippen LogP) is 2.93. The number of aryl methyl sites for hydroxylation is 1. The topological polar surface area (TPSA) is 71.0 Å². The lowest BCUT2D eigenvalue weighted by Crippen LogP contribution is -2.40. The molecule has 134 valence electrons. The molecule has 7 heteroatoms. The molecule has 0 bridgehead atoms. The third-order valence-corrected chi connectivity index (χ3v) is 5.41. The van der Waals surface area contributed by atoms with E-state index in [-0.39, 0.29) is 17.4 Å². The van der Waals surface area contributed by atoms with Crippen molar-refractivity contribution in [1.29, 1.82) is 0 Å². The van der Waals surface area contributed by atoms with Crippen molar-refractivity contribution in [1.82, 2.24) is 19.4 Å². The number of aromatic nitrogens is 3. The molecule has 0 aliphatic carbocycles. The Balaban J connectivity index is 1.63. The van der Waals surface area contributed by atoms with E-state index in [2.05, 4.69) is 9.97 Å². The van der Waals surface area contributed by atoms with E-state index in [9.17, 15) is 9.59 Å². The molecule has 4 rings (SSSR count). The van der Waals surface area contributed by atoms with Crippen LogP contribution in [-0.2, 0) is 7.05 Å². The molecule has 1 fully saturated rings. The molecular weight excluding hydrogens is 352 g/mol. The molecule has 0 spiro atoms. The Morgan fingerprint density at radius 2 is 2.19 bits per heavy atom. The number of nitrogens with one attached hydrogen (secondary N) is 1. The Bertz CT molecular complexity index is 1040. The molecule has 26 heavy (non-hydrogen) atoms. The Morgan fingerprint density at radius 1 is 1.35 bits per heavy atom. The second kappa shape index (κ2) is 6.61. The van der Waals surface area contributed by atoms with Crippen LogP contribution < -0.4 is 5.56 Å². The zero-order chi connectivity index (χ0) is 18.3. The summed E-state index contributed by atoms with van der Waals surface area (Å²) < 4.78 is 1.89. The van der Waals surface area contributed by atoms with Crippen molar-refractivity contribution >= 4 is 28.4 Å². The average molecular weight is 371 g/mol. The van der Waals surface area contributed by atoms with Crippen LogP contribution in [0.4, 0.5) is 0 Å². The maximum atomic E-state index is 13.1. The van der Waals surface area contributed by atoms with Crippen LogP contribution in [0.15, 0.2) is 41.5 Å². The van der Waals surface area contributed by atoms with Gasteiger partial charge in [0.2, 0.25) is 0 Å². The van der Waals surface area contributed by atoms with Gasteiger partial charge in [0, 0.05) is 48.0 Å². The van der Waals surface area contributed by atoms with Gasteiger partial charge in [0.15, 0.2) is 0 Å². The normalized spacial score (nSPS) is 17.6. The lowest BCUT2D eigenvalue weighted by Gasteiger charge is -2.32. The third kappa shape index (κ3) is 2.90. The SMILES string of the molecule is Cn1c(C(=O)N2CCC[C@@H](c3cc(=O)[nH]cn3)C2)cc2c(Cl)cccc21. The summed E-state index contributed by atoms with van der Waals surface area (Å²) in [5.41, 5.74) is 2.13. The van der Waals surface area contributed by atoms with Crippen molar-refractivity contribution in [3.05, 3.63) is 63.4 Å². The van der Waals surface area contributed by atoms with Gasteiger partial charge in [-0.2, -0.15) is 0 Å². The lowest BCUT2D eigenvalue weighted by atomic mass is 9.94. The van der Waals surface area contributed by atoms with Crippen LogP contribution in [0.25, 0.3) is 10.9 Å².